The van der Waals surface area contributed by atoms with Gasteiger partial charge in [-0.05, 0) is 57.4 Å². The second-order valence-corrected chi connectivity index (χ2v) is 29.3. The van der Waals surface area contributed by atoms with Gasteiger partial charge in [-0.2, -0.15) is 0 Å². The van der Waals surface area contributed by atoms with Gasteiger partial charge in [0.15, 0.2) is 0 Å². The zero-order valence-corrected chi connectivity index (χ0v) is 60.2. The van der Waals surface area contributed by atoms with Crippen LogP contribution in [0, 0.1) is 0 Å². The molecule has 0 heterocycles. The van der Waals surface area contributed by atoms with Crippen molar-refractivity contribution in [2.45, 2.75) is 418 Å². The number of amides is 1. The lowest BCUT2D eigenvalue weighted by atomic mass is 10.0. The topological polar surface area (TPSA) is 114 Å². The molecule has 0 aromatic rings. The molecule has 0 bridgehead atoms. The molecular weight excluding hydrogens is 1100 g/mol. The highest BCUT2D eigenvalue weighted by Crippen LogP contribution is 2.38. The number of nitrogens with zero attached hydrogens (tertiary/aromatic N) is 1. The number of quaternary nitrogens is 1. The molecule has 9 nitrogen and oxygen atoms in total. The molecule has 3 atom stereocenters. The number of unbranched alkanes of at least 4 members (excludes halogenated alkanes) is 54. The van der Waals surface area contributed by atoms with Crippen LogP contribution in [0.15, 0.2) is 24.3 Å². The third-order valence-corrected chi connectivity index (χ3v) is 18.8. The van der Waals surface area contributed by atoms with Gasteiger partial charge in [-0.1, -0.05) is 360 Å². The highest BCUT2D eigenvalue weighted by atomic mass is 31.2. The summed E-state index contributed by atoms with van der Waals surface area (Å²) in [5, 5.41) is 3.06. The van der Waals surface area contributed by atoms with Crippen LogP contribution in [0.4, 0.5) is 0 Å². The molecule has 0 aliphatic heterocycles. The van der Waals surface area contributed by atoms with Crippen molar-refractivity contribution in [1.29, 1.82) is 0 Å². The van der Waals surface area contributed by atoms with E-state index >= 15 is 0 Å². The minimum Gasteiger partial charge on any atom is -0.756 e. The normalized spacial score (nSPS) is 13.5. The number of likely N-dealkylation sites (N-methyl/N-ethyl adjacent to an activating group) is 1. The van der Waals surface area contributed by atoms with Gasteiger partial charge in [0.05, 0.1) is 33.8 Å². The molecule has 0 saturated heterocycles. The van der Waals surface area contributed by atoms with E-state index in [-0.39, 0.29) is 31.5 Å². The van der Waals surface area contributed by atoms with Crippen LogP contribution in [0.1, 0.15) is 406 Å². The Labute approximate surface area is 543 Å². The molecule has 0 aromatic carbocycles. The SMILES string of the molecule is CCCCCCCC/C=C/CCCCCCCCCCCCCCCC(=O)OC(/C=C/CCCCCCCCCCC)C(COP(=O)([O-])OCC[N+](C)(C)C)NC(=O)CCCCCCCCCCCCCCCCCCCCCCCCCCCCC. The number of hydrogen-bond acceptors (Lipinski definition) is 7. The van der Waals surface area contributed by atoms with Crippen molar-refractivity contribution < 1.29 is 37.3 Å². The summed E-state index contributed by atoms with van der Waals surface area (Å²) in [5.41, 5.74) is 0. The summed E-state index contributed by atoms with van der Waals surface area (Å²) < 4.78 is 30.5. The number of ether oxygens (including phenoxy) is 1. The van der Waals surface area contributed by atoms with Crippen molar-refractivity contribution >= 4 is 19.7 Å². The Morgan fingerprint density at radius 3 is 0.977 bits per heavy atom. The standard InChI is InChI=1S/C77H151N2O7P/c1-7-10-13-16-19-22-25-27-29-31-33-35-37-38-39-40-42-43-45-47-49-51-54-57-60-63-66-69-76(80)78-74(73-85-87(82,83)84-72-71-79(4,5)6)75(68-65-62-59-56-53-24-21-18-15-12-9-3)86-77(81)70-67-64-61-58-55-52-50-48-46-44-41-36-34-32-30-28-26-23-20-17-14-11-8-2/h28,30,65,68,74-75H,7-27,29,31-64,66-67,69-73H2,1-6H3,(H-,78,80,82,83)/b30-28+,68-65+. The van der Waals surface area contributed by atoms with E-state index in [4.69, 9.17) is 13.8 Å². The van der Waals surface area contributed by atoms with Crippen LogP contribution in [0.25, 0.3) is 0 Å². The maximum atomic E-state index is 13.6. The summed E-state index contributed by atoms with van der Waals surface area (Å²) >= 11 is 0. The van der Waals surface area contributed by atoms with E-state index in [0.29, 0.717) is 17.4 Å². The zero-order chi connectivity index (χ0) is 63.5. The minimum absolute atomic E-state index is 0.0179. The molecule has 3 unspecified atom stereocenters. The van der Waals surface area contributed by atoms with Gasteiger partial charge in [0.2, 0.25) is 5.91 Å². The number of phosphoric ester groups is 1. The molecule has 516 valence electrons. The van der Waals surface area contributed by atoms with Crippen LogP contribution in [-0.4, -0.2) is 69.4 Å². The molecule has 0 saturated carbocycles. The Hall–Kier alpha value is -1.51. The van der Waals surface area contributed by atoms with E-state index in [2.05, 4.69) is 38.2 Å². The second-order valence-electron chi connectivity index (χ2n) is 27.9. The van der Waals surface area contributed by atoms with Gasteiger partial charge in [0.1, 0.15) is 19.3 Å². The van der Waals surface area contributed by atoms with Crippen molar-refractivity contribution in [3.05, 3.63) is 24.3 Å². The molecule has 10 heteroatoms. The number of nitrogens with one attached hydrogen (secondary N) is 1. The zero-order valence-electron chi connectivity index (χ0n) is 59.3. The van der Waals surface area contributed by atoms with Crippen LogP contribution >= 0.6 is 7.82 Å². The summed E-state index contributed by atoms with van der Waals surface area (Å²) in [7, 11) is 1.21. The molecule has 0 radical (unpaired) electrons. The van der Waals surface area contributed by atoms with Crippen LogP contribution in [0.5, 0.6) is 0 Å². The molecule has 0 spiro atoms. The quantitative estimate of drug-likeness (QED) is 0.0212. The van der Waals surface area contributed by atoms with Crippen molar-refractivity contribution in [1.82, 2.24) is 5.32 Å². The predicted molar refractivity (Wildman–Crippen MR) is 377 cm³/mol. The summed E-state index contributed by atoms with van der Waals surface area (Å²) in [6, 6.07) is -0.884. The predicted octanol–water partition coefficient (Wildman–Crippen LogP) is 24.2. The minimum atomic E-state index is -4.70. The van der Waals surface area contributed by atoms with Gasteiger partial charge in [-0.3, -0.25) is 14.2 Å². The van der Waals surface area contributed by atoms with Crippen molar-refractivity contribution in [2.24, 2.45) is 0 Å². The van der Waals surface area contributed by atoms with E-state index in [9.17, 15) is 19.0 Å². The maximum Gasteiger partial charge on any atom is 0.306 e. The fourth-order valence-corrected chi connectivity index (χ4v) is 12.7. The Morgan fingerprint density at radius 1 is 0.391 bits per heavy atom. The van der Waals surface area contributed by atoms with Crippen molar-refractivity contribution in [3.63, 3.8) is 0 Å². The van der Waals surface area contributed by atoms with E-state index in [1.165, 1.54) is 315 Å². The van der Waals surface area contributed by atoms with Gasteiger partial charge in [0.25, 0.3) is 7.82 Å². The van der Waals surface area contributed by atoms with E-state index in [1.807, 2.05) is 33.3 Å². The van der Waals surface area contributed by atoms with Crippen LogP contribution in [-0.2, 0) is 27.9 Å². The van der Waals surface area contributed by atoms with Gasteiger partial charge < -0.3 is 28.5 Å². The lowest BCUT2D eigenvalue weighted by Crippen LogP contribution is -2.47. The summed E-state index contributed by atoms with van der Waals surface area (Å²) in [6.45, 7) is 6.92. The number of hydrogen-bond donors (Lipinski definition) is 1. The summed E-state index contributed by atoms with van der Waals surface area (Å²) in [5.74, 6) is -0.516. The first kappa shape index (κ1) is 85.5. The summed E-state index contributed by atoms with van der Waals surface area (Å²) in [6.07, 6.45) is 83.3. The Morgan fingerprint density at radius 2 is 0.667 bits per heavy atom. The molecule has 87 heavy (non-hydrogen) atoms. The van der Waals surface area contributed by atoms with Gasteiger partial charge in [-0.25, -0.2) is 0 Å². The molecule has 0 rings (SSSR count). The monoisotopic (exact) mass is 1250 g/mol. The first-order valence-corrected chi connectivity index (χ1v) is 40.1. The summed E-state index contributed by atoms with van der Waals surface area (Å²) in [4.78, 5) is 40.2. The second kappa shape index (κ2) is 67.4. The molecule has 0 fully saturated rings. The van der Waals surface area contributed by atoms with Crippen LogP contribution in [0.2, 0.25) is 0 Å². The van der Waals surface area contributed by atoms with Gasteiger partial charge in [0, 0.05) is 12.8 Å². The lowest BCUT2D eigenvalue weighted by Gasteiger charge is -2.30. The lowest BCUT2D eigenvalue weighted by molar-refractivity contribution is -0.870. The number of carbonyl (C=O) groups excluding carboxylic acids is 2. The van der Waals surface area contributed by atoms with Gasteiger partial charge in [-0.15, -0.1) is 0 Å². The molecule has 1 N–H and O–H groups in total. The molecular formula is C77H151N2O7P. The van der Waals surface area contributed by atoms with Crippen LogP contribution in [0.3, 0.4) is 0 Å². The largest absolute Gasteiger partial charge is 0.756 e. The molecule has 0 aromatic heterocycles. The average molecular weight is 1250 g/mol. The number of carbonyl (C=O) groups is 2. The molecule has 0 aliphatic carbocycles. The number of allylic oxidation sites excluding steroid dienone is 3. The van der Waals surface area contributed by atoms with E-state index in [1.54, 1.807) is 0 Å². The Balaban J connectivity index is 4.87. The fraction of sp³-hybridized carbons (Fsp3) is 0.922. The molecule has 1 amide bonds. The van der Waals surface area contributed by atoms with Crippen molar-refractivity contribution in [3.8, 4) is 0 Å². The number of esters is 1. The Kier molecular flexibility index (Phi) is 66.2. The highest BCUT2D eigenvalue weighted by molar-refractivity contribution is 7.45. The molecule has 0 aliphatic rings. The van der Waals surface area contributed by atoms with E-state index in [0.717, 1.165) is 57.8 Å². The number of rotatable bonds is 72. The third kappa shape index (κ3) is 68.7. The third-order valence-electron chi connectivity index (χ3n) is 17.9. The van der Waals surface area contributed by atoms with Crippen molar-refractivity contribution in [2.75, 3.05) is 40.9 Å². The van der Waals surface area contributed by atoms with E-state index < -0.39 is 20.0 Å². The fourth-order valence-electron chi connectivity index (χ4n) is 11.9. The van der Waals surface area contributed by atoms with Gasteiger partial charge >= 0.3 is 5.97 Å². The van der Waals surface area contributed by atoms with Crippen LogP contribution < -0.4 is 10.2 Å². The Bertz CT molecular complexity index is 1530. The highest BCUT2D eigenvalue weighted by Gasteiger charge is 2.27. The smallest absolute Gasteiger partial charge is 0.306 e. The first-order chi connectivity index (χ1) is 42.4. The average Bonchev–Trinajstić information content (AvgIpc) is 3.70. The first-order valence-electron chi connectivity index (χ1n) is 38.6. The number of phosphoric acid groups is 1. The maximum absolute atomic E-state index is 13.6.